The zero-order valence-corrected chi connectivity index (χ0v) is 14.0. The smallest absolute Gasteiger partial charge is 0.251 e. The van der Waals surface area contributed by atoms with Crippen molar-refractivity contribution in [1.82, 2.24) is 5.32 Å². The zero-order valence-electron chi connectivity index (χ0n) is 14.0. The second kappa shape index (κ2) is 7.03. The molecule has 122 valence electrons. The Bertz CT molecular complexity index is 942. The molecule has 25 heavy (non-hydrogen) atoms. The molecule has 0 aromatic heterocycles. The minimum Gasteiger partial charge on any atom is -0.352 e. The number of carbonyl (C=O) groups excluding carboxylic acids is 1. The molecule has 2 aromatic rings. The number of carbonyl (C=O) groups is 1. The van der Waals surface area contributed by atoms with E-state index in [1.807, 2.05) is 42.5 Å². The third-order valence-electron chi connectivity index (χ3n) is 4.33. The van der Waals surface area contributed by atoms with E-state index in [4.69, 9.17) is 0 Å². The van der Waals surface area contributed by atoms with Crippen molar-refractivity contribution in [2.75, 3.05) is 6.54 Å². The Labute approximate surface area is 147 Å². The van der Waals surface area contributed by atoms with Gasteiger partial charge >= 0.3 is 0 Å². The number of nitriles is 2. The van der Waals surface area contributed by atoms with Gasteiger partial charge in [-0.3, -0.25) is 4.79 Å². The number of fused-ring (bicyclic) bond motifs is 3. The van der Waals surface area contributed by atoms with Crippen molar-refractivity contribution in [3.8, 4) is 23.3 Å². The van der Waals surface area contributed by atoms with Crippen molar-refractivity contribution in [2.24, 2.45) is 0 Å². The fourth-order valence-electron chi connectivity index (χ4n) is 3.18. The summed E-state index contributed by atoms with van der Waals surface area (Å²) in [6.45, 7) is 2.70. The number of rotatable bonds is 4. The molecular weight excluding hydrogens is 310 g/mol. The Balaban J connectivity index is 2.21. The van der Waals surface area contributed by atoms with Gasteiger partial charge in [-0.05, 0) is 29.2 Å². The summed E-state index contributed by atoms with van der Waals surface area (Å²) in [6.07, 6.45) is 1.94. The second-order valence-corrected chi connectivity index (χ2v) is 5.86. The summed E-state index contributed by atoms with van der Waals surface area (Å²) in [4.78, 5) is 12.6. The average molecular weight is 327 g/mol. The molecule has 1 amide bonds. The van der Waals surface area contributed by atoms with Gasteiger partial charge in [-0.25, -0.2) is 0 Å². The first-order valence-corrected chi connectivity index (χ1v) is 8.28. The molecule has 1 N–H and O–H groups in total. The molecule has 0 bridgehead atoms. The lowest BCUT2D eigenvalue weighted by atomic mass is 9.97. The average Bonchev–Trinajstić information content (AvgIpc) is 2.98. The van der Waals surface area contributed by atoms with Crippen LogP contribution in [0.2, 0.25) is 0 Å². The van der Waals surface area contributed by atoms with Crippen LogP contribution in [-0.4, -0.2) is 12.5 Å². The van der Waals surface area contributed by atoms with Crippen LogP contribution in [0.25, 0.3) is 16.7 Å². The van der Waals surface area contributed by atoms with Crippen molar-refractivity contribution in [1.29, 1.82) is 10.5 Å². The minimum atomic E-state index is -0.128. The predicted molar refractivity (Wildman–Crippen MR) is 96.4 cm³/mol. The lowest BCUT2D eigenvalue weighted by Gasteiger charge is -2.10. The number of nitrogens with one attached hydrogen (secondary N) is 1. The van der Waals surface area contributed by atoms with Gasteiger partial charge in [0.25, 0.3) is 5.91 Å². The van der Waals surface area contributed by atoms with Crippen LogP contribution >= 0.6 is 0 Å². The van der Waals surface area contributed by atoms with E-state index in [9.17, 15) is 15.3 Å². The zero-order chi connectivity index (χ0) is 17.8. The molecule has 0 heterocycles. The third-order valence-corrected chi connectivity index (χ3v) is 4.33. The number of allylic oxidation sites excluding steroid dienone is 1. The maximum absolute atomic E-state index is 12.6. The summed E-state index contributed by atoms with van der Waals surface area (Å²) in [6, 6.07) is 17.0. The van der Waals surface area contributed by atoms with E-state index in [1.54, 1.807) is 12.1 Å². The van der Waals surface area contributed by atoms with Crippen LogP contribution in [0, 0.1) is 22.7 Å². The quantitative estimate of drug-likeness (QED) is 0.580. The van der Waals surface area contributed by atoms with E-state index in [0.717, 1.165) is 35.1 Å². The summed E-state index contributed by atoms with van der Waals surface area (Å²) in [5.74, 6) is -0.128. The van der Waals surface area contributed by atoms with E-state index in [1.165, 1.54) is 0 Å². The van der Waals surface area contributed by atoms with E-state index < -0.39 is 0 Å². The predicted octanol–water partition coefficient (Wildman–Crippen LogP) is 4.05. The van der Waals surface area contributed by atoms with Gasteiger partial charge in [-0.2, -0.15) is 10.5 Å². The van der Waals surface area contributed by atoms with Crippen LogP contribution in [0.4, 0.5) is 0 Å². The molecule has 3 rings (SSSR count). The maximum Gasteiger partial charge on any atom is 0.251 e. The molecule has 0 atom stereocenters. The van der Waals surface area contributed by atoms with Crippen LogP contribution in [0.15, 0.2) is 48.0 Å². The van der Waals surface area contributed by atoms with Crippen LogP contribution in [0.1, 0.15) is 41.3 Å². The minimum absolute atomic E-state index is 0.0646. The number of unbranched alkanes of at least 4 members (excludes halogenated alkanes) is 1. The van der Waals surface area contributed by atoms with Gasteiger partial charge in [0.1, 0.15) is 17.7 Å². The number of nitrogens with zero attached hydrogens (tertiary/aromatic N) is 2. The fraction of sp³-hybridized carbons (Fsp3) is 0.190. The molecule has 1 aliphatic rings. The van der Waals surface area contributed by atoms with Gasteiger partial charge in [0.05, 0.1) is 0 Å². The Kier molecular flexibility index (Phi) is 4.64. The van der Waals surface area contributed by atoms with Crippen molar-refractivity contribution >= 4 is 11.5 Å². The molecule has 0 saturated heterocycles. The Morgan fingerprint density at radius 3 is 2.36 bits per heavy atom. The summed E-state index contributed by atoms with van der Waals surface area (Å²) in [7, 11) is 0. The van der Waals surface area contributed by atoms with Crippen molar-refractivity contribution in [3.63, 3.8) is 0 Å². The largest absolute Gasteiger partial charge is 0.352 e. The molecule has 4 nitrogen and oxygen atoms in total. The van der Waals surface area contributed by atoms with E-state index in [2.05, 4.69) is 12.2 Å². The number of benzene rings is 2. The van der Waals surface area contributed by atoms with Gasteiger partial charge in [-0.15, -0.1) is 0 Å². The highest BCUT2D eigenvalue weighted by Crippen LogP contribution is 2.46. The Morgan fingerprint density at radius 2 is 1.68 bits per heavy atom. The maximum atomic E-state index is 12.6. The third kappa shape index (κ3) is 2.79. The molecular formula is C21H17N3O. The summed E-state index contributed by atoms with van der Waals surface area (Å²) >= 11 is 0. The van der Waals surface area contributed by atoms with Gasteiger partial charge in [-0.1, -0.05) is 49.7 Å². The van der Waals surface area contributed by atoms with E-state index in [-0.39, 0.29) is 11.5 Å². The molecule has 0 fully saturated rings. The molecule has 0 saturated carbocycles. The van der Waals surface area contributed by atoms with Crippen LogP contribution < -0.4 is 5.32 Å². The topological polar surface area (TPSA) is 76.7 Å². The Hall–Kier alpha value is -3.37. The molecule has 0 unspecified atom stereocenters. The second-order valence-electron chi connectivity index (χ2n) is 5.86. The van der Waals surface area contributed by atoms with Crippen molar-refractivity contribution in [3.05, 3.63) is 64.7 Å². The summed E-state index contributed by atoms with van der Waals surface area (Å²) < 4.78 is 0. The summed E-state index contributed by atoms with van der Waals surface area (Å²) in [5, 5.41) is 21.6. The van der Waals surface area contributed by atoms with Gasteiger partial charge in [0.2, 0.25) is 0 Å². The van der Waals surface area contributed by atoms with Crippen LogP contribution in [0.3, 0.4) is 0 Å². The molecule has 0 aliphatic heterocycles. The number of amides is 1. The standard InChI is InChI=1S/C21H17N3O/c1-2-3-11-24-21(25)18-10-6-9-17-19(14(12-22)13-23)15-7-4-5-8-16(15)20(17)18/h4-10H,2-3,11H2,1H3,(H,24,25). The number of hydrogen-bond acceptors (Lipinski definition) is 3. The first-order valence-electron chi connectivity index (χ1n) is 8.28. The Morgan fingerprint density at radius 1 is 1.00 bits per heavy atom. The lowest BCUT2D eigenvalue weighted by Crippen LogP contribution is -2.24. The lowest BCUT2D eigenvalue weighted by molar-refractivity contribution is 0.0954. The number of hydrogen-bond donors (Lipinski definition) is 1. The molecule has 1 aliphatic carbocycles. The molecule has 0 radical (unpaired) electrons. The highest BCUT2D eigenvalue weighted by Gasteiger charge is 2.29. The monoisotopic (exact) mass is 327 g/mol. The van der Waals surface area contributed by atoms with Crippen LogP contribution in [0.5, 0.6) is 0 Å². The van der Waals surface area contributed by atoms with E-state index in [0.29, 0.717) is 17.7 Å². The van der Waals surface area contributed by atoms with Crippen molar-refractivity contribution < 1.29 is 4.79 Å². The molecule has 0 spiro atoms. The highest BCUT2D eigenvalue weighted by atomic mass is 16.1. The fourth-order valence-corrected chi connectivity index (χ4v) is 3.18. The van der Waals surface area contributed by atoms with Crippen molar-refractivity contribution in [2.45, 2.75) is 19.8 Å². The normalized spacial score (nSPS) is 11.1. The van der Waals surface area contributed by atoms with Gasteiger partial charge < -0.3 is 5.32 Å². The molecule has 4 heteroatoms. The highest BCUT2D eigenvalue weighted by molar-refractivity contribution is 6.11. The molecule has 2 aromatic carbocycles. The SMILES string of the molecule is CCCCNC(=O)c1cccc2c1-c1ccccc1C2=C(C#N)C#N. The first kappa shape index (κ1) is 16.5. The van der Waals surface area contributed by atoms with Crippen LogP contribution in [-0.2, 0) is 0 Å². The first-order chi connectivity index (χ1) is 12.2. The van der Waals surface area contributed by atoms with E-state index >= 15 is 0 Å². The summed E-state index contributed by atoms with van der Waals surface area (Å²) in [5.41, 5.74) is 4.52. The van der Waals surface area contributed by atoms with Gasteiger partial charge in [0.15, 0.2) is 0 Å². The van der Waals surface area contributed by atoms with Gasteiger partial charge in [0, 0.05) is 23.2 Å².